The van der Waals surface area contributed by atoms with E-state index in [0.29, 0.717) is 0 Å². The van der Waals surface area contributed by atoms with Crippen LogP contribution >= 0.6 is 0 Å². The van der Waals surface area contributed by atoms with E-state index in [2.05, 4.69) is 6.07 Å². The minimum atomic E-state index is 0.835. The van der Waals surface area contributed by atoms with Crippen LogP contribution in [0, 0.1) is 0 Å². The van der Waals surface area contributed by atoms with Crippen molar-refractivity contribution < 1.29 is 14.4 Å². The van der Waals surface area contributed by atoms with E-state index in [1.54, 1.807) is 19.1 Å². The van der Waals surface area contributed by atoms with Crippen molar-refractivity contribution >= 4 is 0 Å². The largest absolute Gasteiger partial charge is 0.493 e. The first-order valence-corrected chi connectivity index (χ1v) is 6.38. The molecule has 0 spiro atoms. The lowest BCUT2D eigenvalue weighted by atomic mass is 10.1. The Balaban J connectivity index is 2.13. The van der Waals surface area contributed by atoms with Crippen molar-refractivity contribution in [1.29, 1.82) is 0 Å². The summed E-state index contributed by atoms with van der Waals surface area (Å²) in [5.74, 6) is 1.73. The Morgan fingerprint density at radius 3 is 2.47 bits per heavy atom. The number of ether oxygens (including phenoxy) is 2. The maximum Gasteiger partial charge on any atom is 0.169 e. The number of piperidine rings is 1. The Kier molecular flexibility index (Phi) is 4.26. The quantitative estimate of drug-likeness (QED) is 0.851. The first kappa shape index (κ1) is 12.2. The van der Waals surface area contributed by atoms with Gasteiger partial charge in [0.25, 0.3) is 0 Å². The molecule has 1 aliphatic heterocycles. The highest BCUT2D eigenvalue weighted by molar-refractivity contribution is 5.46. The Morgan fingerprint density at radius 1 is 1.06 bits per heavy atom. The summed E-state index contributed by atoms with van der Waals surface area (Å²) in [7, 11) is 3.41. The second kappa shape index (κ2) is 5.92. The molecule has 3 heteroatoms. The molecule has 94 valence electrons. The van der Waals surface area contributed by atoms with Gasteiger partial charge in [-0.25, -0.2) is 0 Å². The molecule has 1 heterocycles. The van der Waals surface area contributed by atoms with Gasteiger partial charge >= 0.3 is 0 Å². The summed E-state index contributed by atoms with van der Waals surface area (Å²) >= 11 is 0. The Morgan fingerprint density at radius 2 is 1.82 bits per heavy atom. The summed E-state index contributed by atoms with van der Waals surface area (Å²) in [4.78, 5) is 1.66. The molecular formula is C14H22NO2+. The zero-order valence-electron chi connectivity index (χ0n) is 10.8. The molecule has 0 aliphatic carbocycles. The van der Waals surface area contributed by atoms with Crippen LogP contribution in [0.3, 0.4) is 0 Å². The molecule has 1 aromatic carbocycles. The number of hydrogen-bond acceptors (Lipinski definition) is 2. The van der Waals surface area contributed by atoms with Crippen molar-refractivity contribution in [3.8, 4) is 11.5 Å². The van der Waals surface area contributed by atoms with Gasteiger partial charge < -0.3 is 14.4 Å². The average Bonchev–Trinajstić information content (AvgIpc) is 2.39. The lowest BCUT2D eigenvalue weighted by Crippen LogP contribution is -3.11. The van der Waals surface area contributed by atoms with E-state index in [9.17, 15) is 0 Å². The third-order valence-corrected chi connectivity index (χ3v) is 3.49. The third-order valence-electron chi connectivity index (χ3n) is 3.49. The van der Waals surface area contributed by atoms with Crippen molar-refractivity contribution in [3.05, 3.63) is 23.8 Å². The van der Waals surface area contributed by atoms with E-state index in [4.69, 9.17) is 9.47 Å². The van der Waals surface area contributed by atoms with Crippen LogP contribution in [0.5, 0.6) is 11.5 Å². The molecule has 0 bridgehead atoms. The van der Waals surface area contributed by atoms with E-state index < -0.39 is 0 Å². The molecule has 0 atom stereocenters. The van der Waals surface area contributed by atoms with Gasteiger partial charge in [-0.3, -0.25) is 0 Å². The molecule has 0 unspecified atom stereocenters. The normalized spacial score (nSPS) is 16.8. The fourth-order valence-corrected chi connectivity index (χ4v) is 2.59. The van der Waals surface area contributed by atoms with E-state index >= 15 is 0 Å². The molecule has 1 aromatic rings. The van der Waals surface area contributed by atoms with Crippen LogP contribution in [0.2, 0.25) is 0 Å². The molecule has 17 heavy (non-hydrogen) atoms. The molecule has 1 aliphatic rings. The SMILES string of the molecule is COc1cccc(C[NH+]2CCCCC2)c1OC. The van der Waals surface area contributed by atoms with Crippen LogP contribution in [0.4, 0.5) is 0 Å². The van der Waals surface area contributed by atoms with Gasteiger partial charge in [0.05, 0.1) is 32.9 Å². The molecule has 0 saturated carbocycles. The monoisotopic (exact) mass is 236 g/mol. The van der Waals surface area contributed by atoms with Crippen LogP contribution in [0.1, 0.15) is 24.8 Å². The lowest BCUT2D eigenvalue weighted by molar-refractivity contribution is -0.918. The van der Waals surface area contributed by atoms with E-state index in [1.807, 2.05) is 12.1 Å². The number of para-hydroxylation sites is 1. The standard InChI is InChI=1S/C14H21NO2/c1-16-13-8-6-7-12(14(13)17-2)11-15-9-4-3-5-10-15/h6-8H,3-5,9-11H2,1-2H3/p+1. The smallest absolute Gasteiger partial charge is 0.169 e. The second-order valence-corrected chi connectivity index (χ2v) is 4.64. The summed E-state index contributed by atoms with van der Waals surface area (Å²) in [6.45, 7) is 3.60. The zero-order chi connectivity index (χ0) is 12.1. The van der Waals surface area contributed by atoms with Crippen molar-refractivity contribution in [2.24, 2.45) is 0 Å². The van der Waals surface area contributed by atoms with Gasteiger partial charge in [0.2, 0.25) is 0 Å². The fraction of sp³-hybridized carbons (Fsp3) is 0.571. The number of methoxy groups -OCH3 is 2. The van der Waals surface area contributed by atoms with E-state index in [0.717, 1.165) is 18.0 Å². The van der Waals surface area contributed by atoms with Crippen LogP contribution in [0.25, 0.3) is 0 Å². The number of nitrogens with one attached hydrogen (secondary N) is 1. The number of rotatable bonds is 4. The maximum absolute atomic E-state index is 5.47. The van der Waals surface area contributed by atoms with Crippen molar-refractivity contribution in [2.75, 3.05) is 27.3 Å². The third kappa shape index (κ3) is 2.91. The Labute approximate surface area is 103 Å². The predicted molar refractivity (Wildman–Crippen MR) is 67.8 cm³/mol. The Hall–Kier alpha value is -1.22. The molecule has 3 nitrogen and oxygen atoms in total. The number of quaternary nitrogens is 1. The van der Waals surface area contributed by atoms with Gasteiger partial charge in [0.15, 0.2) is 11.5 Å². The van der Waals surface area contributed by atoms with E-state index in [-0.39, 0.29) is 0 Å². The summed E-state index contributed by atoms with van der Waals surface area (Å²) in [6, 6.07) is 6.14. The Bertz CT molecular complexity index is 359. The minimum Gasteiger partial charge on any atom is -0.493 e. The molecule has 1 fully saturated rings. The minimum absolute atomic E-state index is 0.835. The summed E-state index contributed by atoms with van der Waals surface area (Å²) in [5.41, 5.74) is 1.25. The van der Waals surface area contributed by atoms with Gasteiger partial charge in [0.1, 0.15) is 6.54 Å². The first-order valence-electron chi connectivity index (χ1n) is 6.38. The highest BCUT2D eigenvalue weighted by Gasteiger charge is 2.17. The summed E-state index contributed by atoms with van der Waals surface area (Å²) in [5, 5.41) is 0. The number of likely N-dealkylation sites (tertiary alicyclic amines) is 1. The summed E-state index contributed by atoms with van der Waals surface area (Å²) < 4.78 is 10.8. The van der Waals surface area contributed by atoms with Crippen LogP contribution < -0.4 is 14.4 Å². The molecule has 0 amide bonds. The molecule has 0 aromatic heterocycles. The maximum atomic E-state index is 5.47. The number of hydrogen-bond donors (Lipinski definition) is 1. The van der Waals surface area contributed by atoms with Crippen LogP contribution in [0.15, 0.2) is 18.2 Å². The molecule has 0 radical (unpaired) electrons. The van der Waals surface area contributed by atoms with Gasteiger partial charge in [-0.05, 0) is 31.4 Å². The highest BCUT2D eigenvalue weighted by atomic mass is 16.5. The van der Waals surface area contributed by atoms with Gasteiger partial charge in [-0.15, -0.1) is 0 Å². The molecular weight excluding hydrogens is 214 g/mol. The lowest BCUT2D eigenvalue weighted by Gasteiger charge is -2.24. The zero-order valence-corrected chi connectivity index (χ0v) is 10.8. The second-order valence-electron chi connectivity index (χ2n) is 4.64. The van der Waals surface area contributed by atoms with E-state index in [1.165, 1.54) is 37.9 Å². The average molecular weight is 236 g/mol. The van der Waals surface area contributed by atoms with Crippen LogP contribution in [-0.4, -0.2) is 27.3 Å². The molecule has 1 saturated heterocycles. The summed E-state index contributed by atoms with van der Waals surface area (Å²) in [6.07, 6.45) is 4.09. The fourth-order valence-electron chi connectivity index (χ4n) is 2.59. The van der Waals surface area contributed by atoms with Gasteiger partial charge in [0, 0.05) is 0 Å². The van der Waals surface area contributed by atoms with Gasteiger partial charge in [-0.1, -0.05) is 6.07 Å². The van der Waals surface area contributed by atoms with Crippen molar-refractivity contribution in [2.45, 2.75) is 25.8 Å². The number of benzene rings is 1. The first-order chi connectivity index (χ1) is 8.35. The van der Waals surface area contributed by atoms with Crippen LogP contribution in [-0.2, 0) is 6.54 Å². The van der Waals surface area contributed by atoms with Crippen molar-refractivity contribution in [1.82, 2.24) is 0 Å². The topological polar surface area (TPSA) is 22.9 Å². The van der Waals surface area contributed by atoms with Gasteiger partial charge in [-0.2, -0.15) is 0 Å². The molecule has 1 N–H and O–H groups in total. The predicted octanol–water partition coefficient (Wildman–Crippen LogP) is 1.27. The van der Waals surface area contributed by atoms with Crippen molar-refractivity contribution in [3.63, 3.8) is 0 Å². The highest BCUT2D eigenvalue weighted by Crippen LogP contribution is 2.30. The molecule has 2 rings (SSSR count).